The number of hydrogen-bond acceptors (Lipinski definition) is 3. The Hall–Kier alpha value is -2.40. The number of aliphatic hydroxyl groups excluding tert-OH is 1. The summed E-state index contributed by atoms with van der Waals surface area (Å²) in [6.45, 7) is 3.23. The molecule has 1 heterocycles. The van der Waals surface area contributed by atoms with Gasteiger partial charge in [0.2, 0.25) is 0 Å². The molecule has 0 spiro atoms. The third-order valence-electron chi connectivity index (χ3n) is 3.87. The number of aryl methyl sites for hydroxylation is 1. The Morgan fingerprint density at radius 3 is 2.48 bits per heavy atom. The topological polar surface area (TPSA) is 71.3 Å². The second-order valence-corrected chi connectivity index (χ2v) is 5.80. The van der Waals surface area contributed by atoms with Gasteiger partial charge >= 0.3 is 0 Å². The first-order valence-electron chi connectivity index (χ1n) is 7.58. The number of carbonyl (C=O) groups is 2. The van der Waals surface area contributed by atoms with Crippen molar-refractivity contribution in [2.45, 2.75) is 32.4 Å². The lowest BCUT2D eigenvalue weighted by Crippen LogP contribution is -2.42. The van der Waals surface area contributed by atoms with E-state index in [0.717, 1.165) is 5.56 Å². The first-order valence-corrected chi connectivity index (χ1v) is 7.58. The highest BCUT2D eigenvalue weighted by atomic mass is 16.3. The number of aliphatic hydroxyl groups is 1. The summed E-state index contributed by atoms with van der Waals surface area (Å²) in [4.78, 5) is 23.7. The largest absolute Gasteiger partial charge is 0.391 e. The lowest BCUT2D eigenvalue weighted by molar-refractivity contribution is 0.0844. The maximum Gasteiger partial charge on any atom is 0.268 e. The minimum Gasteiger partial charge on any atom is -0.391 e. The van der Waals surface area contributed by atoms with Crippen molar-refractivity contribution in [3.05, 3.63) is 59.4 Å². The van der Waals surface area contributed by atoms with E-state index in [9.17, 15) is 14.7 Å². The van der Waals surface area contributed by atoms with Crippen LogP contribution in [0, 0.1) is 0 Å². The van der Waals surface area contributed by atoms with E-state index in [4.69, 9.17) is 0 Å². The second kappa shape index (κ2) is 7.24. The van der Waals surface area contributed by atoms with Crippen molar-refractivity contribution in [3.63, 3.8) is 0 Å². The van der Waals surface area contributed by atoms with Crippen LogP contribution in [-0.2, 0) is 13.5 Å². The number of amides is 1. The smallest absolute Gasteiger partial charge is 0.268 e. The first-order chi connectivity index (χ1) is 10.9. The van der Waals surface area contributed by atoms with Crippen molar-refractivity contribution in [2.24, 2.45) is 7.05 Å². The van der Waals surface area contributed by atoms with Gasteiger partial charge in [-0.05, 0) is 25.5 Å². The van der Waals surface area contributed by atoms with Crippen LogP contribution in [0.2, 0.25) is 0 Å². The molecule has 2 rings (SSSR count). The van der Waals surface area contributed by atoms with Gasteiger partial charge in [0.1, 0.15) is 5.69 Å². The minimum absolute atomic E-state index is 0.0863. The molecule has 122 valence electrons. The maximum atomic E-state index is 12.3. The number of ketones is 1. The molecule has 23 heavy (non-hydrogen) atoms. The van der Waals surface area contributed by atoms with Crippen LogP contribution < -0.4 is 5.32 Å². The van der Waals surface area contributed by atoms with Crippen molar-refractivity contribution in [2.75, 3.05) is 0 Å². The Kier molecular flexibility index (Phi) is 5.34. The fourth-order valence-corrected chi connectivity index (χ4v) is 2.39. The third kappa shape index (κ3) is 4.29. The Morgan fingerprint density at radius 1 is 1.26 bits per heavy atom. The Balaban J connectivity index is 2.00. The molecule has 0 bridgehead atoms. The maximum absolute atomic E-state index is 12.3. The molecule has 2 aromatic rings. The van der Waals surface area contributed by atoms with Crippen LogP contribution in [0.3, 0.4) is 0 Å². The van der Waals surface area contributed by atoms with Crippen LogP contribution in [0.4, 0.5) is 0 Å². The molecule has 0 saturated heterocycles. The number of hydrogen-bond donors (Lipinski definition) is 2. The molecule has 1 amide bonds. The molecule has 1 aromatic heterocycles. The molecule has 1 aromatic carbocycles. The molecule has 5 nitrogen and oxygen atoms in total. The molecule has 2 N–H and O–H groups in total. The molecular weight excluding hydrogens is 292 g/mol. The van der Waals surface area contributed by atoms with Gasteiger partial charge in [0.15, 0.2) is 5.78 Å². The van der Waals surface area contributed by atoms with Crippen LogP contribution in [0.5, 0.6) is 0 Å². The molecular formula is C18H22N2O3. The number of rotatable bonds is 6. The van der Waals surface area contributed by atoms with Crippen molar-refractivity contribution in [1.82, 2.24) is 9.88 Å². The molecule has 0 aliphatic carbocycles. The minimum atomic E-state index is -0.686. The summed E-state index contributed by atoms with van der Waals surface area (Å²) in [6, 6.07) is 10.8. The Labute approximate surface area is 135 Å². The summed E-state index contributed by atoms with van der Waals surface area (Å²) in [5.41, 5.74) is 1.91. The molecule has 0 fully saturated rings. The van der Waals surface area contributed by atoms with E-state index in [1.165, 1.54) is 6.92 Å². The zero-order valence-corrected chi connectivity index (χ0v) is 13.6. The molecule has 2 atom stereocenters. The van der Waals surface area contributed by atoms with Crippen molar-refractivity contribution >= 4 is 11.7 Å². The monoisotopic (exact) mass is 314 g/mol. The molecule has 0 aliphatic heterocycles. The van der Waals surface area contributed by atoms with E-state index in [1.54, 1.807) is 30.8 Å². The van der Waals surface area contributed by atoms with E-state index in [2.05, 4.69) is 5.32 Å². The standard InChI is InChI=1S/C18H22N2O3/c1-12(17(22)9-14-7-5-4-6-8-14)19-18(23)16-10-15(13(2)21)11-20(16)3/h4-8,10-12,17,22H,9H2,1-3H3,(H,19,23). The normalized spacial score (nSPS) is 13.4. The summed E-state index contributed by atoms with van der Waals surface area (Å²) in [5, 5.41) is 13.0. The highest BCUT2D eigenvalue weighted by Gasteiger charge is 2.20. The summed E-state index contributed by atoms with van der Waals surface area (Å²) in [6.07, 6.45) is 1.41. The predicted molar refractivity (Wildman–Crippen MR) is 88.5 cm³/mol. The van der Waals surface area contributed by atoms with Gasteiger partial charge in [0, 0.05) is 25.2 Å². The van der Waals surface area contributed by atoms with Gasteiger partial charge in [-0.3, -0.25) is 9.59 Å². The highest BCUT2D eigenvalue weighted by molar-refractivity contribution is 5.99. The predicted octanol–water partition coefficient (Wildman–Crippen LogP) is 1.95. The zero-order chi connectivity index (χ0) is 17.0. The molecule has 0 saturated carbocycles. The van der Waals surface area contributed by atoms with Gasteiger partial charge in [-0.1, -0.05) is 30.3 Å². The average molecular weight is 314 g/mol. The van der Waals surface area contributed by atoms with E-state index in [-0.39, 0.29) is 11.7 Å². The number of carbonyl (C=O) groups excluding carboxylic acids is 2. The summed E-state index contributed by atoms with van der Waals surface area (Å²) in [7, 11) is 1.71. The van der Waals surface area contributed by atoms with E-state index >= 15 is 0 Å². The number of nitrogens with one attached hydrogen (secondary N) is 1. The Bertz CT molecular complexity index is 692. The van der Waals surface area contributed by atoms with Gasteiger partial charge in [-0.15, -0.1) is 0 Å². The number of benzene rings is 1. The van der Waals surface area contributed by atoms with Crippen LogP contribution in [0.1, 0.15) is 40.3 Å². The van der Waals surface area contributed by atoms with Crippen LogP contribution in [0.25, 0.3) is 0 Å². The zero-order valence-electron chi connectivity index (χ0n) is 13.6. The fourth-order valence-electron chi connectivity index (χ4n) is 2.39. The summed E-state index contributed by atoms with van der Waals surface area (Å²) < 4.78 is 1.61. The Morgan fingerprint density at radius 2 is 1.91 bits per heavy atom. The van der Waals surface area contributed by atoms with Gasteiger partial charge in [-0.2, -0.15) is 0 Å². The van der Waals surface area contributed by atoms with Crippen molar-refractivity contribution in [3.8, 4) is 0 Å². The van der Waals surface area contributed by atoms with Crippen molar-refractivity contribution in [1.29, 1.82) is 0 Å². The third-order valence-corrected chi connectivity index (χ3v) is 3.87. The molecule has 0 radical (unpaired) electrons. The summed E-state index contributed by atoms with van der Waals surface area (Å²) >= 11 is 0. The second-order valence-electron chi connectivity index (χ2n) is 5.80. The van der Waals surface area contributed by atoms with Crippen molar-refractivity contribution < 1.29 is 14.7 Å². The van der Waals surface area contributed by atoms with Gasteiger partial charge < -0.3 is 15.0 Å². The molecule has 0 aliphatic rings. The lowest BCUT2D eigenvalue weighted by Gasteiger charge is -2.20. The van der Waals surface area contributed by atoms with Gasteiger partial charge in [0.25, 0.3) is 5.91 Å². The van der Waals surface area contributed by atoms with Crippen LogP contribution >= 0.6 is 0 Å². The number of aromatic nitrogens is 1. The number of nitrogens with zero attached hydrogens (tertiary/aromatic N) is 1. The number of Topliss-reactive ketones (excluding diaryl/α,β-unsaturated/α-hetero) is 1. The molecule has 5 heteroatoms. The van der Waals surface area contributed by atoms with E-state index in [0.29, 0.717) is 17.7 Å². The lowest BCUT2D eigenvalue weighted by atomic mass is 10.0. The van der Waals surface area contributed by atoms with Crippen LogP contribution in [-0.4, -0.2) is 33.5 Å². The first kappa shape index (κ1) is 17.0. The average Bonchev–Trinajstić information content (AvgIpc) is 2.90. The van der Waals surface area contributed by atoms with E-state index in [1.807, 2.05) is 30.3 Å². The SMILES string of the molecule is CC(=O)c1cc(C(=O)NC(C)C(O)Cc2ccccc2)n(C)c1. The molecule has 2 unspecified atom stereocenters. The van der Waals surface area contributed by atoms with Crippen LogP contribution in [0.15, 0.2) is 42.6 Å². The fraction of sp³-hybridized carbons (Fsp3) is 0.333. The highest BCUT2D eigenvalue weighted by Crippen LogP contribution is 2.10. The van der Waals surface area contributed by atoms with Gasteiger partial charge in [-0.25, -0.2) is 0 Å². The van der Waals surface area contributed by atoms with E-state index < -0.39 is 12.1 Å². The summed E-state index contributed by atoms with van der Waals surface area (Å²) in [5.74, 6) is -0.392. The quantitative estimate of drug-likeness (QED) is 0.801. The van der Waals surface area contributed by atoms with Gasteiger partial charge in [0.05, 0.1) is 12.1 Å².